The summed E-state index contributed by atoms with van der Waals surface area (Å²) in [6.07, 6.45) is 0.0205. The highest BCUT2D eigenvalue weighted by atomic mass is 16.3. The fourth-order valence-electron chi connectivity index (χ4n) is 2.74. The summed E-state index contributed by atoms with van der Waals surface area (Å²) in [4.78, 5) is 14.3. The second-order valence-electron chi connectivity index (χ2n) is 6.14. The van der Waals surface area contributed by atoms with Crippen LogP contribution in [-0.2, 0) is 11.2 Å². The molecule has 2 rings (SSSR count). The number of nitrogens with zero attached hydrogens (tertiary/aromatic N) is 1. The summed E-state index contributed by atoms with van der Waals surface area (Å²) in [7, 11) is 1.76. The molecule has 122 valence electrons. The van der Waals surface area contributed by atoms with Gasteiger partial charge in [0.1, 0.15) is 0 Å². The molecule has 0 aliphatic rings. The van der Waals surface area contributed by atoms with Crippen LogP contribution in [0.5, 0.6) is 0 Å². The van der Waals surface area contributed by atoms with E-state index in [2.05, 4.69) is 0 Å². The second-order valence-corrected chi connectivity index (χ2v) is 6.14. The topological polar surface area (TPSA) is 40.5 Å². The first kappa shape index (κ1) is 17.2. The molecule has 1 N–H and O–H groups in total. The fraction of sp³-hybridized carbons (Fsp3) is 0.350. The standard InChI is InChI=1S/C20H25NO2/c1-15(14-17-10-6-4-7-11-17)20(23)21(3)16(2)19(22)18-12-8-5-9-13-18/h4-13,15-16,19,22H,14H2,1-3H3/t15-,16+,19-/m0/s1. The SMILES string of the molecule is C[C@H]([C@H](O)c1ccccc1)N(C)C(=O)[C@@H](C)Cc1ccccc1. The first-order valence-corrected chi connectivity index (χ1v) is 8.04. The van der Waals surface area contributed by atoms with E-state index in [0.717, 1.165) is 11.1 Å². The number of aliphatic hydroxyl groups is 1. The summed E-state index contributed by atoms with van der Waals surface area (Å²) in [6.45, 7) is 3.82. The monoisotopic (exact) mass is 311 g/mol. The zero-order chi connectivity index (χ0) is 16.8. The number of benzene rings is 2. The van der Waals surface area contributed by atoms with Crippen molar-refractivity contribution in [2.75, 3.05) is 7.05 Å². The van der Waals surface area contributed by atoms with E-state index in [9.17, 15) is 9.90 Å². The maximum Gasteiger partial charge on any atom is 0.225 e. The van der Waals surface area contributed by atoms with Gasteiger partial charge in [0.2, 0.25) is 5.91 Å². The molecule has 0 aliphatic heterocycles. The number of hydrogen-bond acceptors (Lipinski definition) is 2. The quantitative estimate of drug-likeness (QED) is 0.887. The number of aliphatic hydroxyl groups excluding tert-OH is 1. The molecule has 3 atom stereocenters. The van der Waals surface area contributed by atoms with E-state index in [1.807, 2.05) is 74.5 Å². The summed E-state index contributed by atoms with van der Waals surface area (Å²) in [6, 6.07) is 19.2. The highest BCUT2D eigenvalue weighted by molar-refractivity contribution is 5.79. The van der Waals surface area contributed by atoms with Crippen LogP contribution >= 0.6 is 0 Å². The normalized spacial score (nSPS) is 14.8. The van der Waals surface area contributed by atoms with E-state index in [1.54, 1.807) is 11.9 Å². The Hall–Kier alpha value is -2.13. The second kappa shape index (κ2) is 7.93. The first-order chi connectivity index (χ1) is 11.0. The third-order valence-corrected chi connectivity index (χ3v) is 4.36. The van der Waals surface area contributed by atoms with E-state index in [-0.39, 0.29) is 17.9 Å². The molecule has 3 heteroatoms. The van der Waals surface area contributed by atoms with Crippen LogP contribution in [0.3, 0.4) is 0 Å². The molecule has 0 radical (unpaired) electrons. The van der Waals surface area contributed by atoms with Gasteiger partial charge in [-0.05, 0) is 24.5 Å². The molecule has 0 bridgehead atoms. The van der Waals surface area contributed by atoms with Crippen molar-refractivity contribution >= 4 is 5.91 Å². The van der Waals surface area contributed by atoms with E-state index < -0.39 is 6.10 Å². The van der Waals surface area contributed by atoms with E-state index >= 15 is 0 Å². The molecule has 3 nitrogen and oxygen atoms in total. The van der Waals surface area contributed by atoms with Gasteiger partial charge in [-0.2, -0.15) is 0 Å². The molecule has 0 spiro atoms. The third kappa shape index (κ3) is 4.42. The zero-order valence-electron chi connectivity index (χ0n) is 14.0. The van der Waals surface area contributed by atoms with Crippen molar-refractivity contribution in [3.8, 4) is 0 Å². The lowest BCUT2D eigenvalue weighted by atomic mass is 9.97. The average Bonchev–Trinajstić information content (AvgIpc) is 2.60. The van der Waals surface area contributed by atoms with Crippen LogP contribution in [0.15, 0.2) is 60.7 Å². The maximum atomic E-state index is 12.6. The van der Waals surface area contributed by atoms with Gasteiger partial charge in [0.15, 0.2) is 0 Å². The Morgan fingerprint density at radius 3 is 2.09 bits per heavy atom. The summed E-state index contributed by atoms with van der Waals surface area (Å²) in [5, 5.41) is 10.5. The van der Waals surface area contributed by atoms with Crippen molar-refractivity contribution in [2.45, 2.75) is 32.4 Å². The van der Waals surface area contributed by atoms with Gasteiger partial charge in [0.25, 0.3) is 0 Å². The van der Waals surface area contributed by atoms with Crippen LogP contribution in [0.2, 0.25) is 0 Å². The van der Waals surface area contributed by atoms with Crippen molar-refractivity contribution in [1.29, 1.82) is 0 Å². The molecular weight excluding hydrogens is 286 g/mol. The van der Waals surface area contributed by atoms with Gasteiger partial charge in [-0.3, -0.25) is 4.79 Å². The number of carbonyl (C=O) groups excluding carboxylic acids is 1. The smallest absolute Gasteiger partial charge is 0.225 e. The maximum absolute atomic E-state index is 12.6. The minimum absolute atomic E-state index is 0.0522. The van der Waals surface area contributed by atoms with Crippen LogP contribution in [-0.4, -0.2) is 29.0 Å². The van der Waals surface area contributed by atoms with Gasteiger partial charge < -0.3 is 10.0 Å². The van der Waals surface area contributed by atoms with E-state index in [0.29, 0.717) is 6.42 Å². The largest absolute Gasteiger partial charge is 0.386 e. The van der Waals surface area contributed by atoms with Gasteiger partial charge in [0.05, 0.1) is 12.1 Å². The summed E-state index contributed by atoms with van der Waals surface area (Å²) >= 11 is 0. The zero-order valence-corrected chi connectivity index (χ0v) is 14.0. The number of amides is 1. The van der Waals surface area contributed by atoms with Crippen molar-refractivity contribution in [1.82, 2.24) is 4.90 Å². The van der Waals surface area contributed by atoms with Gasteiger partial charge in [-0.15, -0.1) is 0 Å². The molecular formula is C20H25NO2. The van der Waals surface area contributed by atoms with Crippen molar-refractivity contribution in [3.05, 3.63) is 71.8 Å². The predicted molar refractivity (Wildman–Crippen MR) is 92.9 cm³/mol. The third-order valence-electron chi connectivity index (χ3n) is 4.36. The number of carbonyl (C=O) groups is 1. The average molecular weight is 311 g/mol. The van der Waals surface area contributed by atoms with Crippen LogP contribution < -0.4 is 0 Å². The number of likely N-dealkylation sites (N-methyl/N-ethyl adjacent to an activating group) is 1. The Bertz CT molecular complexity index is 612. The lowest BCUT2D eigenvalue weighted by molar-refractivity contribution is -0.137. The number of rotatable bonds is 6. The molecule has 2 aromatic rings. The molecule has 0 aromatic heterocycles. The van der Waals surface area contributed by atoms with Crippen LogP contribution in [0.1, 0.15) is 31.1 Å². The predicted octanol–water partition coefficient (Wildman–Crippen LogP) is 3.45. The first-order valence-electron chi connectivity index (χ1n) is 8.04. The van der Waals surface area contributed by atoms with E-state index in [1.165, 1.54) is 0 Å². The molecule has 0 saturated heterocycles. The fourth-order valence-corrected chi connectivity index (χ4v) is 2.74. The van der Waals surface area contributed by atoms with Gasteiger partial charge in [-0.25, -0.2) is 0 Å². The highest BCUT2D eigenvalue weighted by Crippen LogP contribution is 2.21. The Labute approximate surface area is 138 Å². The van der Waals surface area contributed by atoms with Crippen molar-refractivity contribution in [2.24, 2.45) is 5.92 Å². The van der Waals surface area contributed by atoms with Crippen LogP contribution in [0.4, 0.5) is 0 Å². The van der Waals surface area contributed by atoms with Gasteiger partial charge in [-0.1, -0.05) is 67.6 Å². The molecule has 1 amide bonds. The summed E-state index contributed by atoms with van der Waals surface area (Å²) in [5.74, 6) is -0.0656. The van der Waals surface area contributed by atoms with Gasteiger partial charge in [0, 0.05) is 13.0 Å². The van der Waals surface area contributed by atoms with Crippen LogP contribution in [0, 0.1) is 5.92 Å². The molecule has 0 saturated carbocycles. The minimum Gasteiger partial charge on any atom is -0.386 e. The highest BCUT2D eigenvalue weighted by Gasteiger charge is 2.27. The van der Waals surface area contributed by atoms with E-state index in [4.69, 9.17) is 0 Å². The summed E-state index contributed by atoms with van der Waals surface area (Å²) in [5.41, 5.74) is 1.98. The molecule has 0 aliphatic carbocycles. The lowest BCUT2D eigenvalue weighted by Gasteiger charge is -2.31. The lowest BCUT2D eigenvalue weighted by Crippen LogP contribution is -2.42. The Kier molecular flexibility index (Phi) is 5.94. The van der Waals surface area contributed by atoms with Crippen molar-refractivity contribution in [3.63, 3.8) is 0 Å². The molecule has 0 heterocycles. The molecule has 0 fully saturated rings. The molecule has 23 heavy (non-hydrogen) atoms. The van der Waals surface area contributed by atoms with Crippen LogP contribution in [0.25, 0.3) is 0 Å². The van der Waals surface area contributed by atoms with Gasteiger partial charge >= 0.3 is 0 Å². The Morgan fingerprint density at radius 2 is 1.52 bits per heavy atom. The summed E-state index contributed by atoms with van der Waals surface area (Å²) < 4.78 is 0. The molecule has 0 unspecified atom stereocenters. The minimum atomic E-state index is -0.686. The number of hydrogen-bond donors (Lipinski definition) is 1. The Balaban J connectivity index is 2.00. The van der Waals surface area contributed by atoms with Crippen molar-refractivity contribution < 1.29 is 9.90 Å². The molecule has 2 aromatic carbocycles. The Morgan fingerprint density at radius 1 is 1.00 bits per heavy atom.